The molecule has 146 valence electrons. The van der Waals surface area contributed by atoms with Gasteiger partial charge in [0.1, 0.15) is 0 Å². The molecule has 6 nitrogen and oxygen atoms in total. The summed E-state index contributed by atoms with van der Waals surface area (Å²) >= 11 is 0. The molecule has 0 bridgehead atoms. The first-order valence-electron chi connectivity index (χ1n) is 9.11. The Bertz CT molecular complexity index is 945. The Morgan fingerprint density at radius 3 is 1.69 bits per heavy atom. The summed E-state index contributed by atoms with van der Waals surface area (Å²) < 4.78 is 0. The highest BCUT2D eigenvalue weighted by molar-refractivity contribution is 6.38. The quantitative estimate of drug-likeness (QED) is 0.520. The molecule has 0 saturated carbocycles. The highest BCUT2D eigenvalue weighted by Gasteiger charge is 2.24. The summed E-state index contributed by atoms with van der Waals surface area (Å²) in [5, 5.41) is 2.16. The van der Waals surface area contributed by atoms with Gasteiger partial charge in [-0.3, -0.25) is 19.7 Å². The van der Waals surface area contributed by atoms with Crippen molar-refractivity contribution in [2.24, 2.45) is 0 Å². The van der Waals surface area contributed by atoms with E-state index in [1.165, 1.54) is 17.0 Å². The summed E-state index contributed by atoms with van der Waals surface area (Å²) in [6, 6.07) is 24.8. The minimum absolute atomic E-state index is 0.248. The number of nitrogen functional groups attached to an aromatic ring is 1. The summed E-state index contributed by atoms with van der Waals surface area (Å²) in [6.07, 6.45) is 0. The molecule has 3 aromatic carbocycles. The minimum atomic E-state index is -0.973. The molecule has 0 aliphatic heterocycles. The van der Waals surface area contributed by atoms with Gasteiger partial charge in [0.15, 0.2) is 0 Å². The first-order chi connectivity index (χ1) is 14.0. The molecule has 0 fully saturated rings. The number of amides is 3. The van der Waals surface area contributed by atoms with Crippen molar-refractivity contribution in [3.63, 3.8) is 0 Å². The van der Waals surface area contributed by atoms with Crippen molar-refractivity contribution >= 4 is 23.4 Å². The first-order valence-corrected chi connectivity index (χ1v) is 9.11. The molecule has 0 heterocycles. The molecule has 0 aromatic heterocycles. The second kappa shape index (κ2) is 9.32. The predicted octanol–water partition coefficient (Wildman–Crippen LogP) is 2.75. The van der Waals surface area contributed by atoms with Crippen LogP contribution < -0.4 is 11.1 Å². The summed E-state index contributed by atoms with van der Waals surface area (Å²) in [5.74, 6) is -2.40. The molecule has 0 saturated heterocycles. The monoisotopic (exact) mass is 387 g/mol. The van der Waals surface area contributed by atoms with E-state index >= 15 is 0 Å². The third-order valence-electron chi connectivity index (χ3n) is 4.31. The Balaban J connectivity index is 1.74. The van der Waals surface area contributed by atoms with Gasteiger partial charge in [-0.25, -0.2) is 0 Å². The van der Waals surface area contributed by atoms with Gasteiger partial charge in [-0.05, 0) is 35.4 Å². The summed E-state index contributed by atoms with van der Waals surface area (Å²) in [5.41, 5.74) is 8.12. The van der Waals surface area contributed by atoms with Gasteiger partial charge in [-0.2, -0.15) is 0 Å². The van der Waals surface area contributed by atoms with Crippen LogP contribution in [0.3, 0.4) is 0 Å². The lowest BCUT2D eigenvalue weighted by atomic mass is 10.1. The largest absolute Gasteiger partial charge is 0.399 e. The molecule has 0 aliphatic carbocycles. The maximum atomic E-state index is 12.8. The number of hydrogen-bond acceptors (Lipinski definition) is 4. The maximum Gasteiger partial charge on any atom is 0.316 e. The molecule has 0 aliphatic rings. The smallest absolute Gasteiger partial charge is 0.316 e. The molecule has 3 aromatic rings. The summed E-state index contributed by atoms with van der Waals surface area (Å²) in [7, 11) is 0. The zero-order valence-corrected chi connectivity index (χ0v) is 15.7. The van der Waals surface area contributed by atoms with Gasteiger partial charge >= 0.3 is 11.8 Å². The Morgan fingerprint density at radius 2 is 1.21 bits per heavy atom. The van der Waals surface area contributed by atoms with Gasteiger partial charge in [-0.15, -0.1) is 0 Å². The molecule has 0 atom stereocenters. The zero-order valence-electron chi connectivity index (χ0n) is 15.7. The number of imide groups is 1. The van der Waals surface area contributed by atoms with Gasteiger partial charge in [0.05, 0.1) is 0 Å². The van der Waals surface area contributed by atoms with E-state index in [-0.39, 0.29) is 18.7 Å². The fourth-order valence-electron chi connectivity index (χ4n) is 2.81. The second-order valence-corrected chi connectivity index (χ2v) is 6.54. The number of carbonyl (C=O) groups excluding carboxylic acids is 3. The Morgan fingerprint density at radius 1 is 0.724 bits per heavy atom. The Hall–Kier alpha value is -3.93. The van der Waals surface area contributed by atoms with Crippen molar-refractivity contribution in [3.8, 4) is 0 Å². The van der Waals surface area contributed by atoms with Gasteiger partial charge in [0.25, 0.3) is 5.91 Å². The molecule has 0 spiro atoms. The van der Waals surface area contributed by atoms with Crippen molar-refractivity contribution in [1.82, 2.24) is 10.2 Å². The van der Waals surface area contributed by atoms with Crippen LogP contribution in [0.25, 0.3) is 0 Å². The van der Waals surface area contributed by atoms with Crippen LogP contribution in [0, 0.1) is 0 Å². The van der Waals surface area contributed by atoms with Crippen molar-refractivity contribution < 1.29 is 14.4 Å². The number of hydrogen-bond donors (Lipinski definition) is 2. The minimum Gasteiger partial charge on any atom is -0.399 e. The fourth-order valence-corrected chi connectivity index (χ4v) is 2.81. The molecule has 3 N–H and O–H groups in total. The van der Waals surface area contributed by atoms with E-state index in [0.717, 1.165) is 11.1 Å². The van der Waals surface area contributed by atoms with Crippen LogP contribution in [0.5, 0.6) is 0 Å². The normalized spacial score (nSPS) is 10.2. The van der Waals surface area contributed by atoms with Crippen LogP contribution in [0.15, 0.2) is 84.9 Å². The molecule has 29 heavy (non-hydrogen) atoms. The van der Waals surface area contributed by atoms with E-state index in [2.05, 4.69) is 5.32 Å². The zero-order chi connectivity index (χ0) is 20.6. The molecule has 0 unspecified atom stereocenters. The van der Waals surface area contributed by atoms with Crippen molar-refractivity contribution in [2.75, 3.05) is 5.73 Å². The maximum absolute atomic E-state index is 12.8. The predicted molar refractivity (Wildman–Crippen MR) is 110 cm³/mol. The molecular weight excluding hydrogens is 366 g/mol. The number of carbonyl (C=O) groups is 3. The van der Waals surface area contributed by atoms with Gasteiger partial charge < -0.3 is 10.6 Å². The molecule has 6 heteroatoms. The SMILES string of the molecule is Nc1ccc(C(=O)NC(=O)C(=O)N(Cc2ccccc2)Cc2ccccc2)cc1. The van der Waals surface area contributed by atoms with E-state index in [4.69, 9.17) is 5.73 Å². The second-order valence-electron chi connectivity index (χ2n) is 6.54. The summed E-state index contributed by atoms with van der Waals surface area (Å²) in [6.45, 7) is 0.496. The molecule has 3 rings (SSSR count). The van der Waals surface area contributed by atoms with Crippen molar-refractivity contribution in [3.05, 3.63) is 102 Å². The van der Waals surface area contributed by atoms with E-state index in [1.807, 2.05) is 60.7 Å². The highest BCUT2D eigenvalue weighted by atomic mass is 16.2. The topological polar surface area (TPSA) is 92.5 Å². The van der Waals surface area contributed by atoms with Crippen molar-refractivity contribution in [2.45, 2.75) is 13.1 Å². The van der Waals surface area contributed by atoms with Crippen LogP contribution in [-0.2, 0) is 22.7 Å². The first kappa shape index (κ1) is 19.8. The van der Waals surface area contributed by atoms with E-state index in [1.54, 1.807) is 12.1 Å². The molecule has 0 radical (unpaired) electrons. The lowest BCUT2D eigenvalue weighted by molar-refractivity contribution is -0.146. The van der Waals surface area contributed by atoms with Gasteiger partial charge in [-0.1, -0.05) is 60.7 Å². The van der Waals surface area contributed by atoms with Crippen LogP contribution in [0.4, 0.5) is 5.69 Å². The standard InChI is InChI=1S/C23H21N3O3/c24-20-13-11-19(12-14-20)21(27)25-22(28)23(29)26(15-17-7-3-1-4-8-17)16-18-9-5-2-6-10-18/h1-14H,15-16,24H2,(H,25,27,28). The number of benzene rings is 3. The van der Waals surface area contributed by atoms with Crippen LogP contribution >= 0.6 is 0 Å². The number of rotatable bonds is 5. The van der Waals surface area contributed by atoms with Crippen molar-refractivity contribution in [1.29, 1.82) is 0 Å². The number of nitrogens with one attached hydrogen (secondary N) is 1. The molecule has 3 amide bonds. The summed E-state index contributed by atoms with van der Waals surface area (Å²) in [4.78, 5) is 39.0. The third kappa shape index (κ3) is 5.52. The average molecular weight is 387 g/mol. The number of nitrogens with zero attached hydrogens (tertiary/aromatic N) is 1. The number of anilines is 1. The van der Waals surface area contributed by atoms with Gasteiger partial charge in [0, 0.05) is 24.3 Å². The molecular formula is C23H21N3O3. The van der Waals surface area contributed by atoms with Crippen LogP contribution in [0.1, 0.15) is 21.5 Å². The van der Waals surface area contributed by atoms with E-state index < -0.39 is 17.7 Å². The Labute approximate surface area is 169 Å². The fraction of sp³-hybridized carbons (Fsp3) is 0.0870. The van der Waals surface area contributed by atoms with Gasteiger partial charge in [0.2, 0.25) is 0 Å². The van der Waals surface area contributed by atoms with E-state index in [9.17, 15) is 14.4 Å². The lowest BCUT2D eigenvalue weighted by Crippen LogP contribution is -2.44. The third-order valence-corrected chi connectivity index (χ3v) is 4.31. The van der Waals surface area contributed by atoms with Crippen LogP contribution in [0.2, 0.25) is 0 Å². The van der Waals surface area contributed by atoms with E-state index in [0.29, 0.717) is 5.69 Å². The highest BCUT2D eigenvalue weighted by Crippen LogP contribution is 2.11. The number of nitrogens with two attached hydrogens (primary N) is 1. The van der Waals surface area contributed by atoms with Crippen LogP contribution in [-0.4, -0.2) is 22.6 Å². The Kier molecular flexibility index (Phi) is 6.37. The lowest BCUT2D eigenvalue weighted by Gasteiger charge is -2.22. The average Bonchev–Trinajstić information content (AvgIpc) is 2.74.